The monoisotopic (exact) mass is 296 g/mol. The van der Waals surface area contributed by atoms with Gasteiger partial charge in [-0.1, -0.05) is 13.8 Å². The molecule has 7 heteroatoms. The van der Waals surface area contributed by atoms with Gasteiger partial charge >= 0.3 is 0 Å². The van der Waals surface area contributed by atoms with Crippen molar-refractivity contribution < 1.29 is 0 Å². The lowest BCUT2D eigenvalue weighted by Gasteiger charge is -2.05. The molecule has 0 radical (unpaired) electrons. The average Bonchev–Trinajstić information content (AvgIpc) is 2.79. The minimum Gasteiger partial charge on any atom is -0.292 e. The van der Waals surface area contributed by atoms with Crippen molar-refractivity contribution in [3.05, 3.63) is 28.6 Å². The number of aromatic nitrogens is 4. The zero-order chi connectivity index (χ0) is 12.4. The molecule has 0 aliphatic rings. The van der Waals surface area contributed by atoms with Gasteiger partial charge in [-0.05, 0) is 27.9 Å². The second kappa shape index (κ2) is 4.80. The molecule has 0 bridgehead atoms. The van der Waals surface area contributed by atoms with Crippen LogP contribution in [0, 0.1) is 0 Å². The van der Waals surface area contributed by atoms with Crippen LogP contribution in [0.15, 0.2) is 22.9 Å². The molecule has 2 aromatic heterocycles. The molecule has 90 valence electrons. The molecular formula is C10H13BrN6. The predicted octanol–water partition coefficient (Wildman–Crippen LogP) is 1.83. The van der Waals surface area contributed by atoms with Crippen molar-refractivity contribution in [2.24, 2.45) is 5.84 Å². The standard InChI is InChI=1S/C10H13BrN6/c1-6(2)8-3-4-17(16-8)9-7(11)5-13-10(14-9)15-12/h3-6H,12H2,1-2H3,(H,13,14,15). The molecule has 0 amide bonds. The van der Waals surface area contributed by atoms with E-state index < -0.39 is 0 Å². The molecule has 3 N–H and O–H groups in total. The number of hydrogen-bond acceptors (Lipinski definition) is 5. The summed E-state index contributed by atoms with van der Waals surface area (Å²) in [6.45, 7) is 4.18. The Morgan fingerprint density at radius 1 is 1.47 bits per heavy atom. The van der Waals surface area contributed by atoms with Crippen molar-refractivity contribution >= 4 is 21.9 Å². The van der Waals surface area contributed by atoms with Crippen LogP contribution in [0.25, 0.3) is 5.82 Å². The third kappa shape index (κ3) is 2.45. The summed E-state index contributed by atoms with van der Waals surface area (Å²) in [5, 5.41) is 4.44. The second-order valence-corrected chi connectivity index (χ2v) is 4.70. The van der Waals surface area contributed by atoms with Crippen LogP contribution in [0.2, 0.25) is 0 Å². The van der Waals surface area contributed by atoms with Crippen LogP contribution in [0.4, 0.5) is 5.95 Å². The second-order valence-electron chi connectivity index (χ2n) is 3.85. The first-order chi connectivity index (χ1) is 8.11. The smallest absolute Gasteiger partial charge is 0.239 e. The van der Waals surface area contributed by atoms with E-state index in [-0.39, 0.29) is 0 Å². The first-order valence-corrected chi connectivity index (χ1v) is 5.96. The molecule has 0 saturated carbocycles. The number of halogens is 1. The third-order valence-electron chi connectivity index (χ3n) is 2.27. The molecule has 0 fully saturated rings. The quantitative estimate of drug-likeness (QED) is 0.667. The van der Waals surface area contributed by atoms with E-state index in [0.717, 1.165) is 10.2 Å². The molecule has 0 aromatic carbocycles. The van der Waals surface area contributed by atoms with Crippen LogP contribution >= 0.6 is 15.9 Å². The Bertz CT molecular complexity index is 521. The Kier molecular flexibility index (Phi) is 3.39. The van der Waals surface area contributed by atoms with E-state index >= 15 is 0 Å². The summed E-state index contributed by atoms with van der Waals surface area (Å²) < 4.78 is 2.46. The highest BCUT2D eigenvalue weighted by molar-refractivity contribution is 9.10. The van der Waals surface area contributed by atoms with Gasteiger partial charge in [0, 0.05) is 12.4 Å². The van der Waals surface area contributed by atoms with E-state index in [1.165, 1.54) is 0 Å². The first kappa shape index (κ1) is 12.0. The third-order valence-corrected chi connectivity index (χ3v) is 2.83. The van der Waals surface area contributed by atoms with Crippen molar-refractivity contribution in [3.63, 3.8) is 0 Å². The van der Waals surface area contributed by atoms with Crippen molar-refractivity contribution in [1.82, 2.24) is 19.7 Å². The molecule has 0 saturated heterocycles. The number of nitrogens with zero attached hydrogens (tertiary/aromatic N) is 4. The molecule has 2 aromatic rings. The zero-order valence-corrected chi connectivity index (χ0v) is 11.1. The SMILES string of the molecule is CC(C)c1ccn(-c2nc(NN)ncc2Br)n1. The summed E-state index contributed by atoms with van der Waals surface area (Å²) in [5.41, 5.74) is 3.42. The Morgan fingerprint density at radius 3 is 2.82 bits per heavy atom. The van der Waals surface area contributed by atoms with Gasteiger partial charge in [-0.25, -0.2) is 15.5 Å². The average molecular weight is 297 g/mol. The van der Waals surface area contributed by atoms with E-state index in [4.69, 9.17) is 5.84 Å². The van der Waals surface area contributed by atoms with Crippen LogP contribution in [0.5, 0.6) is 0 Å². The van der Waals surface area contributed by atoms with E-state index in [9.17, 15) is 0 Å². The maximum atomic E-state index is 5.28. The highest BCUT2D eigenvalue weighted by Crippen LogP contribution is 2.20. The maximum Gasteiger partial charge on any atom is 0.239 e. The van der Waals surface area contributed by atoms with Crippen LogP contribution < -0.4 is 11.3 Å². The van der Waals surface area contributed by atoms with Crippen LogP contribution in [-0.2, 0) is 0 Å². The molecule has 6 nitrogen and oxygen atoms in total. The molecule has 2 rings (SSSR count). The van der Waals surface area contributed by atoms with Crippen molar-refractivity contribution in [3.8, 4) is 5.82 Å². The fourth-order valence-corrected chi connectivity index (χ4v) is 1.72. The van der Waals surface area contributed by atoms with Crippen LogP contribution in [0.3, 0.4) is 0 Å². The van der Waals surface area contributed by atoms with Gasteiger partial charge in [0.2, 0.25) is 5.95 Å². The van der Waals surface area contributed by atoms with Crippen molar-refractivity contribution in [2.45, 2.75) is 19.8 Å². The summed E-state index contributed by atoms with van der Waals surface area (Å²) in [6.07, 6.45) is 3.50. The molecule has 0 aliphatic heterocycles. The van der Waals surface area contributed by atoms with Gasteiger partial charge in [-0.15, -0.1) is 0 Å². The number of hydrogen-bond donors (Lipinski definition) is 2. The molecule has 0 spiro atoms. The van der Waals surface area contributed by atoms with E-state index in [1.807, 2.05) is 12.3 Å². The molecule has 17 heavy (non-hydrogen) atoms. The highest BCUT2D eigenvalue weighted by atomic mass is 79.9. The van der Waals surface area contributed by atoms with Gasteiger partial charge in [-0.3, -0.25) is 5.43 Å². The number of hydrazine groups is 1. The van der Waals surface area contributed by atoms with E-state index in [0.29, 0.717) is 17.7 Å². The van der Waals surface area contributed by atoms with E-state index in [1.54, 1.807) is 10.9 Å². The van der Waals surface area contributed by atoms with Gasteiger partial charge in [0.15, 0.2) is 5.82 Å². The summed E-state index contributed by atoms with van der Waals surface area (Å²) in [5.74, 6) is 6.66. The topological polar surface area (TPSA) is 81.7 Å². The number of nitrogens with one attached hydrogen (secondary N) is 1. The summed E-state index contributed by atoms with van der Waals surface area (Å²) in [7, 11) is 0. The lowest BCUT2D eigenvalue weighted by molar-refractivity contribution is 0.754. The molecule has 0 aliphatic carbocycles. The lowest BCUT2D eigenvalue weighted by Crippen LogP contribution is -2.12. The number of nitrogen functional groups attached to an aromatic ring is 1. The number of anilines is 1. The minimum absolute atomic E-state index is 0.352. The predicted molar refractivity (Wildman–Crippen MR) is 68.8 cm³/mol. The van der Waals surface area contributed by atoms with Gasteiger partial charge in [0.05, 0.1) is 10.2 Å². The van der Waals surface area contributed by atoms with Crippen molar-refractivity contribution in [2.75, 3.05) is 5.43 Å². The normalized spacial score (nSPS) is 10.9. The van der Waals surface area contributed by atoms with E-state index in [2.05, 4.69) is 50.3 Å². The lowest BCUT2D eigenvalue weighted by atomic mass is 10.1. The Morgan fingerprint density at radius 2 is 2.24 bits per heavy atom. The number of nitrogens with two attached hydrogens (primary N) is 1. The molecule has 2 heterocycles. The van der Waals surface area contributed by atoms with Gasteiger partial charge < -0.3 is 0 Å². The fraction of sp³-hybridized carbons (Fsp3) is 0.300. The summed E-state index contributed by atoms with van der Waals surface area (Å²) >= 11 is 3.39. The van der Waals surface area contributed by atoms with Gasteiger partial charge in [-0.2, -0.15) is 10.1 Å². The van der Waals surface area contributed by atoms with Gasteiger partial charge in [0.25, 0.3) is 0 Å². The number of rotatable bonds is 3. The largest absolute Gasteiger partial charge is 0.292 e. The van der Waals surface area contributed by atoms with Crippen LogP contribution in [0.1, 0.15) is 25.5 Å². The first-order valence-electron chi connectivity index (χ1n) is 5.17. The zero-order valence-electron chi connectivity index (χ0n) is 9.55. The summed E-state index contributed by atoms with van der Waals surface area (Å²) in [6, 6.07) is 1.97. The Hall–Kier alpha value is -1.47. The maximum absolute atomic E-state index is 5.28. The Labute approximate surface area is 107 Å². The molecule has 0 unspecified atom stereocenters. The van der Waals surface area contributed by atoms with Crippen molar-refractivity contribution in [1.29, 1.82) is 0 Å². The minimum atomic E-state index is 0.352. The Balaban J connectivity index is 2.44. The summed E-state index contributed by atoms with van der Waals surface area (Å²) in [4.78, 5) is 8.23. The molecule has 0 atom stereocenters. The fourth-order valence-electron chi connectivity index (χ4n) is 1.35. The van der Waals surface area contributed by atoms with Gasteiger partial charge in [0.1, 0.15) is 0 Å². The highest BCUT2D eigenvalue weighted by Gasteiger charge is 2.10. The van der Waals surface area contributed by atoms with Crippen LogP contribution in [-0.4, -0.2) is 19.7 Å². The molecular weight excluding hydrogens is 284 g/mol.